The summed E-state index contributed by atoms with van der Waals surface area (Å²) in [4.78, 5) is 21.2. The molecule has 1 aliphatic carbocycles. The molecule has 2 atom stereocenters. The van der Waals surface area contributed by atoms with E-state index in [1.54, 1.807) is 12.1 Å². The number of ether oxygens (including phenoxy) is 1. The first kappa shape index (κ1) is 19.2. The molecule has 29 heavy (non-hydrogen) atoms. The van der Waals surface area contributed by atoms with Crippen molar-refractivity contribution in [3.8, 4) is 22.9 Å². The van der Waals surface area contributed by atoms with Crippen LogP contribution in [0.3, 0.4) is 0 Å². The van der Waals surface area contributed by atoms with Crippen molar-refractivity contribution < 1.29 is 9.53 Å². The number of aryl methyl sites for hydroxylation is 1. The van der Waals surface area contributed by atoms with Crippen molar-refractivity contribution in [1.29, 1.82) is 5.26 Å². The molecule has 0 radical (unpaired) electrons. The zero-order chi connectivity index (χ0) is 20.5. The van der Waals surface area contributed by atoms with Gasteiger partial charge in [0.1, 0.15) is 15.9 Å². The van der Waals surface area contributed by atoms with Gasteiger partial charge in [-0.1, -0.05) is 22.9 Å². The number of rotatable bonds is 5. The molecule has 0 bridgehead atoms. The van der Waals surface area contributed by atoms with Gasteiger partial charge < -0.3 is 4.74 Å². The molecule has 3 heterocycles. The molecule has 0 aromatic carbocycles. The molecule has 0 unspecified atom stereocenters. The molecule has 146 valence electrons. The van der Waals surface area contributed by atoms with E-state index in [2.05, 4.69) is 31.6 Å². The molecule has 3 aromatic rings. The van der Waals surface area contributed by atoms with E-state index in [1.807, 2.05) is 6.92 Å². The molecular weight excluding hydrogens is 412 g/mol. The van der Waals surface area contributed by atoms with Crippen molar-refractivity contribution in [3.05, 3.63) is 45.9 Å². The number of aromatic nitrogens is 4. The molecule has 0 saturated heterocycles. The summed E-state index contributed by atoms with van der Waals surface area (Å²) < 4.78 is 5.39. The monoisotopic (exact) mass is 426 g/mol. The summed E-state index contributed by atoms with van der Waals surface area (Å²) in [5.74, 6) is 0.215. The van der Waals surface area contributed by atoms with Gasteiger partial charge in [-0.05, 0) is 25.5 Å². The maximum atomic E-state index is 13.0. The highest BCUT2D eigenvalue weighted by Gasteiger charge is 2.41. The van der Waals surface area contributed by atoms with Gasteiger partial charge >= 0.3 is 0 Å². The SMILES string of the molecule is COc1cnc(Cl)cc1-c1cc(C)ncc1C(=O)Nc1nnc([C@H]2C[C@H]2C#N)s1. The van der Waals surface area contributed by atoms with Crippen LogP contribution < -0.4 is 10.1 Å². The quantitative estimate of drug-likeness (QED) is 0.616. The number of methoxy groups -OCH3 is 1. The van der Waals surface area contributed by atoms with Crippen molar-refractivity contribution in [2.75, 3.05) is 12.4 Å². The summed E-state index contributed by atoms with van der Waals surface area (Å²) >= 11 is 7.34. The fraction of sp³-hybridized carbons (Fsp3) is 0.263. The minimum atomic E-state index is -0.377. The minimum Gasteiger partial charge on any atom is -0.494 e. The highest BCUT2D eigenvalue weighted by Crippen LogP contribution is 2.48. The maximum absolute atomic E-state index is 13.0. The Hall–Kier alpha value is -3.09. The first-order chi connectivity index (χ1) is 14.0. The summed E-state index contributed by atoms with van der Waals surface area (Å²) in [7, 11) is 1.53. The highest BCUT2D eigenvalue weighted by atomic mass is 35.5. The van der Waals surface area contributed by atoms with E-state index in [-0.39, 0.29) is 22.9 Å². The fourth-order valence-corrected chi connectivity index (χ4v) is 4.04. The second kappa shape index (κ2) is 7.73. The van der Waals surface area contributed by atoms with E-state index in [9.17, 15) is 4.79 Å². The van der Waals surface area contributed by atoms with Crippen molar-refractivity contribution in [1.82, 2.24) is 20.2 Å². The van der Waals surface area contributed by atoms with Crippen LogP contribution in [0.2, 0.25) is 5.15 Å². The Morgan fingerprint density at radius 1 is 1.31 bits per heavy atom. The summed E-state index contributed by atoms with van der Waals surface area (Å²) in [6.07, 6.45) is 3.80. The molecule has 1 amide bonds. The molecule has 10 heteroatoms. The van der Waals surface area contributed by atoms with Gasteiger partial charge in [0.25, 0.3) is 5.91 Å². The van der Waals surface area contributed by atoms with Crippen LogP contribution >= 0.6 is 22.9 Å². The summed E-state index contributed by atoms with van der Waals surface area (Å²) in [5, 5.41) is 21.3. The number of pyridine rings is 2. The predicted molar refractivity (Wildman–Crippen MR) is 108 cm³/mol. The second-order valence-corrected chi connectivity index (χ2v) is 7.95. The van der Waals surface area contributed by atoms with Gasteiger partial charge in [-0.25, -0.2) is 4.98 Å². The van der Waals surface area contributed by atoms with Gasteiger partial charge in [0.05, 0.1) is 30.9 Å². The highest BCUT2D eigenvalue weighted by molar-refractivity contribution is 7.15. The second-order valence-electron chi connectivity index (χ2n) is 6.56. The predicted octanol–water partition coefficient (Wildman–Crippen LogP) is 3.84. The van der Waals surface area contributed by atoms with Gasteiger partial charge in [-0.15, -0.1) is 10.2 Å². The number of amides is 1. The molecule has 8 nitrogen and oxygen atoms in total. The third-order valence-electron chi connectivity index (χ3n) is 4.56. The largest absolute Gasteiger partial charge is 0.494 e. The van der Waals surface area contributed by atoms with E-state index in [1.165, 1.54) is 30.8 Å². The van der Waals surface area contributed by atoms with Crippen LogP contribution in [-0.2, 0) is 0 Å². The number of carbonyl (C=O) groups excluding carboxylic acids is 1. The number of nitriles is 1. The Bertz CT molecular complexity index is 1140. The van der Waals surface area contributed by atoms with Crippen LogP contribution in [0.1, 0.15) is 33.4 Å². The lowest BCUT2D eigenvalue weighted by Crippen LogP contribution is -2.14. The van der Waals surface area contributed by atoms with E-state index in [4.69, 9.17) is 21.6 Å². The van der Waals surface area contributed by atoms with Gasteiger partial charge in [-0.3, -0.25) is 15.1 Å². The molecule has 0 spiro atoms. The Morgan fingerprint density at radius 2 is 2.14 bits per heavy atom. The van der Waals surface area contributed by atoms with Crippen molar-refractivity contribution in [3.63, 3.8) is 0 Å². The average molecular weight is 427 g/mol. The van der Waals surface area contributed by atoms with Crippen molar-refractivity contribution in [2.45, 2.75) is 19.3 Å². The van der Waals surface area contributed by atoms with E-state index in [0.717, 1.165) is 17.1 Å². The molecule has 1 N–H and O–H groups in total. The Balaban J connectivity index is 1.65. The van der Waals surface area contributed by atoms with Crippen LogP contribution in [0.5, 0.6) is 5.75 Å². The van der Waals surface area contributed by atoms with Gasteiger partial charge in [0, 0.05) is 28.9 Å². The average Bonchev–Trinajstić information content (AvgIpc) is 3.37. The Kier molecular flexibility index (Phi) is 5.13. The maximum Gasteiger partial charge on any atom is 0.259 e. The number of anilines is 1. The fourth-order valence-electron chi connectivity index (χ4n) is 2.96. The number of hydrogen-bond acceptors (Lipinski definition) is 8. The summed E-state index contributed by atoms with van der Waals surface area (Å²) in [6, 6.07) is 5.66. The number of carbonyl (C=O) groups is 1. The van der Waals surface area contributed by atoms with E-state index < -0.39 is 0 Å². The lowest BCUT2D eigenvalue weighted by atomic mass is 10.0. The van der Waals surface area contributed by atoms with Crippen LogP contribution in [-0.4, -0.2) is 33.2 Å². The lowest BCUT2D eigenvalue weighted by Gasteiger charge is -2.13. The molecule has 4 rings (SSSR count). The normalized spacial score (nSPS) is 17.4. The smallest absolute Gasteiger partial charge is 0.259 e. The lowest BCUT2D eigenvalue weighted by molar-refractivity contribution is 0.102. The third-order valence-corrected chi connectivity index (χ3v) is 5.74. The molecule has 1 saturated carbocycles. The van der Waals surface area contributed by atoms with Crippen LogP contribution in [0.4, 0.5) is 5.13 Å². The van der Waals surface area contributed by atoms with Crippen LogP contribution in [0, 0.1) is 24.2 Å². The zero-order valence-corrected chi connectivity index (χ0v) is 17.1. The number of hydrogen-bond donors (Lipinski definition) is 1. The molecule has 1 aliphatic rings. The third kappa shape index (κ3) is 3.90. The van der Waals surface area contributed by atoms with Gasteiger partial charge in [0.15, 0.2) is 0 Å². The number of nitrogens with one attached hydrogen (secondary N) is 1. The van der Waals surface area contributed by atoms with Crippen molar-refractivity contribution in [2.24, 2.45) is 5.92 Å². The molecule has 1 fully saturated rings. The number of halogens is 1. The van der Waals surface area contributed by atoms with Crippen LogP contribution in [0.25, 0.3) is 11.1 Å². The first-order valence-electron chi connectivity index (χ1n) is 8.71. The molecular formula is C19H15ClN6O2S. The minimum absolute atomic E-state index is 0.0108. The Morgan fingerprint density at radius 3 is 2.86 bits per heavy atom. The van der Waals surface area contributed by atoms with Crippen LogP contribution in [0.15, 0.2) is 24.5 Å². The zero-order valence-electron chi connectivity index (χ0n) is 15.5. The topological polar surface area (TPSA) is 114 Å². The van der Waals surface area contributed by atoms with Crippen molar-refractivity contribution >= 4 is 34.0 Å². The summed E-state index contributed by atoms with van der Waals surface area (Å²) in [6.45, 7) is 1.83. The van der Waals surface area contributed by atoms with E-state index in [0.29, 0.717) is 27.6 Å². The molecule has 3 aromatic heterocycles. The first-order valence-corrected chi connectivity index (χ1v) is 9.90. The van der Waals surface area contributed by atoms with Gasteiger partial charge in [-0.2, -0.15) is 5.26 Å². The molecule has 0 aliphatic heterocycles. The van der Waals surface area contributed by atoms with Gasteiger partial charge in [0.2, 0.25) is 5.13 Å². The summed E-state index contributed by atoms with van der Waals surface area (Å²) in [5.41, 5.74) is 2.33. The Labute approximate surface area is 175 Å². The van der Waals surface area contributed by atoms with E-state index >= 15 is 0 Å². The standard InChI is InChI=1S/C19H15ClN6O2S/c1-9-3-12(13-5-16(20)23-8-15(13)28-2)14(7-22-9)17(27)24-19-26-25-18(29-19)11-4-10(11)6-21/h3,5,7-8,10-11H,4H2,1-2H3,(H,24,26,27)/t10-,11-/m0/s1. The number of nitrogens with zero attached hydrogens (tertiary/aromatic N) is 5.